The zero-order valence-electron chi connectivity index (χ0n) is 12.8. The summed E-state index contributed by atoms with van der Waals surface area (Å²) < 4.78 is 0. The van der Waals surface area contributed by atoms with Gasteiger partial charge in [-0.1, -0.05) is 60.7 Å². The lowest BCUT2D eigenvalue weighted by molar-refractivity contribution is -0.120. The maximum Gasteiger partial charge on any atom is 0.137 e. The van der Waals surface area contributed by atoms with E-state index in [1.54, 1.807) is 0 Å². The summed E-state index contributed by atoms with van der Waals surface area (Å²) in [7, 11) is 0. The topological polar surface area (TPSA) is 34.1 Å². The molecule has 114 valence electrons. The number of Topliss-reactive ketones (excluding diaryl/α,β-unsaturated/α-hetero) is 2. The highest BCUT2D eigenvalue weighted by Gasteiger charge is 2.06. The molecule has 0 heterocycles. The Morgan fingerprint density at radius 3 is 1.32 bits per heavy atom. The first kappa shape index (κ1) is 16.2. The van der Waals surface area contributed by atoms with Crippen molar-refractivity contribution in [2.45, 2.75) is 38.5 Å². The first-order valence-corrected chi connectivity index (χ1v) is 7.85. The minimum absolute atomic E-state index is 0.252. The van der Waals surface area contributed by atoms with Gasteiger partial charge >= 0.3 is 0 Å². The van der Waals surface area contributed by atoms with Gasteiger partial charge in [-0.15, -0.1) is 0 Å². The Morgan fingerprint density at radius 1 is 0.591 bits per heavy atom. The van der Waals surface area contributed by atoms with Crippen LogP contribution in [0.3, 0.4) is 0 Å². The number of rotatable bonds is 9. The molecule has 0 fully saturated rings. The quantitative estimate of drug-likeness (QED) is 0.650. The lowest BCUT2D eigenvalue weighted by Crippen LogP contribution is -2.05. The molecule has 0 amide bonds. The highest BCUT2D eigenvalue weighted by atomic mass is 16.1. The average molecular weight is 294 g/mol. The standard InChI is InChI=1S/C20H22O2/c21-19(15-17-9-3-1-4-10-17)13-7-8-14-20(22)16-18-11-5-2-6-12-18/h1-6,9-12H,7-8,13-16H2. The molecule has 2 heteroatoms. The zero-order valence-corrected chi connectivity index (χ0v) is 12.8. The summed E-state index contributed by atoms with van der Waals surface area (Å²) in [5.74, 6) is 0.503. The molecular weight excluding hydrogens is 272 g/mol. The average Bonchev–Trinajstić information content (AvgIpc) is 2.53. The molecule has 2 nitrogen and oxygen atoms in total. The van der Waals surface area contributed by atoms with Crippen molar-refractivity contribution in [1.29, 1.82) is 0 Å². The second kappa shape index (κ2) is 8.93. The van der Waals surface area contributed by atoms with Gasteiger partial charge in [-0.25, -0.2) is 0 Å². The number of hydrogen-bond donors (Lipinski definition) is 0. The third-order valence-corrected chi connectivity index (χ3v) is 3.65. The maximum absolute atomic E-state index is 11.9. The van der Waals surface area contributed by atoms with Gasteiger partial charge in [0.2, 0.25) is 0 Å². The molecule has 2 aromatic rings. The van der Waals surface area contributed by atoms with E-state index in [4.69, 9.17) is 0 Å². The molecule has 0 radical (unpaired) electrons. The van der Waals surface area contributed by atoms with Crippen LogP contribution in [0.4, 0.5) is 0 Å². The third kappa shape index (κ3) is 6.04. The van der Waals surface area contributed by atoms with Crippen molar-refractivity contribution in [2.24, 2.45) is 0 Å². The molecule has 0 N–H and O–H groups in total. The van der Waals surface area contributed by atoms with Gasteiger partial charge in [-0.2, -0.15) is 0 Å². The fraction of sp³-hybridized carbons (Fsp3) is 0.300. The van der Waals surface area contributed by atoms with Gasteiger partial charge < -0.3 is 0 Å². The van der Waals surface area contributed by atoms with E-state index in [2.05, 4.69) is 0 Å². The van der Waals surface area contributed by atoms with E-state index >= 15 is 0 Å². The van der Waals surface area contributed by atoms with Gasteiger partial charge in [0.1, 0.15) is 11.6 Å². The van der Waals surface area contributed by atoms with E-state index in [9.17, 15) is 9.59 Å². The fourth-order valence-electron chi connectivity index (χ4n) is 2.47. The van der Waals surface area contributed by atoms with Crippen molar-refractivity contribution < 1.29 is 9.59 Å². The lowest BCUT2D eigenvalue weighted by Gasteiger charge is -2.03. The number of hydrogen-bond acceptors (Lipinski definition) is 2. The maximum atomic E-state index is 11.9. The molecule has 0 atom stereocenters. The summed E-state index contributed by atoms with van der Waals surface area (Å²) in [6.45, 7) is 0. The Kier molecular flexibility index (Phi) is 6.56. The molecular formula is C20H22O2. The minimum Gasteiger partial charge on any atom is -0.299 e. The predicted molar refractivity (Wildman–Crippen MR) is 88.8 cm³/mol. The van der Waals surface area contributed by atoms with Gasteiger partial charge in [-0.3, -0.25) is 9.59 Å². The summed E-state index contributed by atoms with van der Waals surface area (Å²) in [6.07, 6.45) is 3.72. The van der Waals surface area contributed by atoms with Crippen LogP contribution in [0.1, 0.15) is 36.8 Å². The number of benzene rings is 2. The summed E-state index contributed by atoms with van der Waals surface area (Å²) >= 11 is 0. The second-order valence-electron chi connectivity index (χ2n) is 5.61. The summed E-state index contributed by atoms with van der Waals surface area (Å²) in [6, 6.07) is 19.6. The van der Waals surface area contributed by atoms with E-state index in [0.29, 0.717) is 25.7 Å². The molecule has 0 bridgehead atoms. The first-order chi connectivity index (χ1) is 10.7. The van der Waals surface area contributed by atoms with Crippen LogP contribution in [0.25, 0.3) is 0 Å². The van der Waals surface area contributed by atoms with Crippen LogP contribution in [0.15, 0.2) is 60.7 Å². The molecule has 2 aromatic carbocycles. The number of carbonyl (C=O) groups excluding carboxylic acids is 2. The Labute approximate surface area is 132 Å². The highest BCUT2D eigenvalue weighted by molar-refractivity contribution is 5.82. The SMILES string of the molecule is O=C(CCCCC(=O)Cc1ccccc1)Cc1ccccc1. The van der Waals surface area contributed by atoms with Crippen molar-refractivity contribution in [3.63, 3.8) is 0 Å². The Balaban J connectivity index is 1.60. The molecule has 0 saturated carbocycles. The largest absolute Gasteiger partial charge is 0.299 e. The molecule has 0 aliphatic carbocycles. The monoisotopic (exact) mass is 294 g/mol. The Bertz CT molecular complexity index is 532. The lowest BCUT2D eigenvalue weighted by atomic mass is 10.0. The van der Waals surface area contributed by atoms with Crippen LogP contribution in [0.5, 0.6) is 0 Å². The molecule has 0 spiro atoms. The minimum atomic E-state index is 0.252. The van der Waals surface area contributed by atoms with Crippen molar-refractivity contribution in [3.05, 3.63) is 71.8 Å². The summed E-state index contributed by atoms with van der Waals surface area (Å²) in [4.78, 5) is 23.7. The van der Waals surface area contributed by atoms with E-state index in [1.807, 2.05) is 60.7 Å². The van der Waals surface area contributed by atoms with Crippen LogP contribution in [0.2, 0.25) is 0 Å². The van der Waals surface area contributed by atoms with Crippen LogP contribution in [0, 0.1) is 0 Å². The van der Waals surface area contributed by atoms with E-state index in [1.165, 1.54) is 0 Å². The second-order valence-corrected chi connectivity index (χ2v) is 5.61. The summed E-state index contributed by atoms with van der Waals surface area (Å²) in [5, 5.41) is 0. The highest BCUT2D eigenvalue weighted by Crippen LogP contribution is 2.08. The molecule has 22 heavy (non-hydrogen) atoms. The number of ketones is 2. The van der Waals surface area contributed by atoms with Gasteiger partial charge in [-0.05, 0) is 24.0 Å². The molecule has 2 rings (SSSR count). The van der Waals surface area contributed by atoms with Crippen molar-refractivity contribution in [2.75, 3.05) is 0 Å². The van der Waals surface area contributed by atoms with Gasteiger partial charge in [0, 0.05) is 25.7 Å². The molecule has 0 aliphatic heterocycles. The van der Waals surface area contributed by atoms with Crippen LogP contribution in [-0.2, 0) is 22.4 Å². The Hall–Kier alpha value is -2.22. The molecule has 0 unspecified atom stereocenters. The molecule has 0 aromatic heterocycles. The van der Waals surface area contributed by atoms with Crippen molar-refractivity contribution in [3.8, 4) is 0 Å². The Morgan fingerprint density at radius 2 is 0.955 bits per heavy atom. The molecule has 0 aliphatic rings. The van der Waals surface area contributed by atoms with Crippen LogP contribution < -0.4 is 0 Å². The number of carbonyl (C=O) groups is 2. The first-order valence-electron chi connectivity index (χ1n) is 7.85. The smallest absolute Gasteiger partial charge is 0.137 e. The molecule has 0 saturated heterocycles. The van der Waals surface area contributed by atoms with Gasteiger partial charge in [0.15, 0.2) is 0 Å². The normalized spacial score (nSPS) is 10.4. The fourth-order valence-corrected chi connectivity index (χ4v) is 2.47. The van der Waals surface area contributed by atoms with Gasteiger partial charge in [0.25, 0.3) is 0 Å². The zero-order chi connectivity index (χ0) is 15.6. The predicted octanol–water partition coefficient (Wildman–Crippen LogP) is 4.17. The van der Waals surface area contributed by atoms with E-state index < -0.39 is 0 Å². The summed E-state index contributed by atoms with van der Waals surface area (Å²) in [5.41, 5.74) is 2.13. The van der Waals surface area contributed by atoms with Crippen LogP contribution in [-0.4, -0.2) is 11.6 Å². The van der Waals surface area contributed by atoms with E-state index in [0.717, 1.165) is 24.0 Å². The third-order valence-electron chi connectivity index (χ3n) is 3.65. The van der Waals surface area contributed by atoms with Crippen LogP contribution >= 0.6 is 0 Å². The van der Waals surface area contributed by atoms with Crippen molar-refractivity contribution in [1.82, 2.24) is 0 Å². The van der Waals surface area contributed by atoms with E-state index in [-0.39, 0.29) is 11.6 Å². The number of unbranched alkanes of at least 4 members (excludes halogenated alkanes) is 1. The van der Waals surface area contributed by atoms with Gasteiger partial charge in [0.05, 0.1) is 0 Å². The van der Waals surface area contributed by atoms with Crippen molar-refractivity contribution >= 4 is 11.6 Å².